The average Bonchev–Trinajstić information content (AvgIpc) is 2.78. The summed E-state index contributed by atoms with van der Waals surface area (Å²) in [7, 11) is 0. The first-order valence-corrected chi connectivity index (χ1v) is 6.82. The number of hydrogen-bond donors (Lipinski definition) is 2. The molecule has 0 heterocycles. The summed E-state index contributed by atoms with van der Waals surface area (Å²) in [6.45, 7) is 0.399. The fourth-order valence-electron chi connectivity index (χ4n) is 2.61. The summed E-state index contributed by atoms with van der Waals surface area (Å²) >= 11 is 0. The van der Waals surface area contributed by atoms with E-state index in [2.05, 4.69) is 5.32 Å². The highest BCUT2D eigenvalue weighted by atomic mass is 19.1. The van der Waals surface area contributed by atoms with Crippen molar-refractivity contribution in [3.8, 4) is 0 Å². The minimum atomic E-state index is -0.817. The van der Waals surface area contributed by atoms with Crippen LogP contribution in [0.5, 0.6) is 0 Å². The molecule has 2 rings (SSSR count). The van der Waals surface area contributed by atoms with Gasteiger partial charge in [0.1, 0.15) is 5.82 Å². The zero-order valence-electron chi connectivity index (χ0n) is 11.0. The van der Waals surface area contributed by atoms with Gasteiger partial charge in [-0.25, -0.2) is 4.39 Å². The number of carbonyl (C=O) groups excluding carboxylic acids is 1. The Morgan fingerprint density at radius 2 is 2.00 bits per heavy atom. The molecule has 19 heavy (non-hydrogen) atoms. The number of aliphatic hydroxyl groups is 1. The van der Waals surface area contributed by atoms with Crippen LogP contribution in [-0.4, -0.2) is 23.2 Å². The molecule has 1 aromatic carbocycles. The Morgan fingerprint density at radius 1 is 1.32 bits per heavy atom. The average molecular weight is 265 g/mol. The Bertz CT molecular complexity index is 442. The second kappa shape index (κ2) is 6.15. The van der Waals surface area contributed by atoms with Gasteiger partial charge in [-0.1, -0.05) is 31.0 Å². The van der Waals surface area contributed by atoms with Gasteiger partial charge in [-0.2, -0.15) is 0 Å². The molecule has 1 saturated carbocycles. The van der Waals surface area contributed by atoms with Crippen LogP contribution in [0.15, 0.2) is 24.3 Å². The van der Waals surface area contributed by atoms with Gasteiger partial charge >= 0.3 is 0 Å². The third kappa shape index (κ3) is 4.03. The zero-order chi connectivity index (χ0) is 13.7. The lowest BCUT2D eigenvalue weighted by atomic mass is 9.97. The highest BCUT2D eigenvalue weighted by molar-refractivity contribution is 5.77. The van der Waals surface area contributed by atoms with Crippen molar-refractivity contribution in [3.05, 3.63) is 35.6 Å². The third-order valence-electron chi connectivity index (χ3n) is 3.70. The van der Waals surface area contributed by atoms with E-state index in [4.69, 9.17) is 0 Å². The first kappa shape index (κ1) is 14.0. The fourth-order valence-corrected chi connectivity index (χ4v) is 2.61. The van der Waals surface area contributed by atoms with E-state index in [1.165, 1.54) is 6.07 Å². The van der Waals surface area contributed by atoms with E-state index in [1.54, 1.807) is 18.2 Å². The molecular weight excluding hydrogens is 245 g/mol. The predicted molar refractivity (Wildman–Crippen MR) is 71.1 cm³/mol. The standard InChI is InChI=1S/C15H20FNO2/c16-13-6-2-1-5-12(13)7-10-17-14(18)11-15(19)8-3-4-9-15/h1-2,5-6,19H,3-4,7-11H2,(H,17,18). The SMILES string of the molecule is O=C(CC1(O)CCCC1)NCCc1ccccc1F. The Labute approximate surface area is 112 Å². The minimum Gasteiger partial charge on any atom is -0.389 e. The van der Waals surface area contributed by atoms with Gasteiger partial charge in [0.15, 0.2) is 0 Å². The minimum absolute atomic E-state index is 0.152. The quantitative estimate of drug-likeness (QED) is 0.857. The van der Waals surface area contributed by atoms with Gasteiger partial charge in [-0.3, -0.25) is 4.79 Å². The molecule has 0 radical (unpaired) electrons. The maximum atomic E-state index is 13.3. The number of amides is 1. The molecule has 0 unspecified atom stereocenters. The van der Waals surface area contributed by atoms with Crippen molar-refractivity contribution in [2.75, 3.05) is 6.54 Å². The van der Waals surface area contributed by atoms with E-state index in [1.807, 2.05) is 0 Å². The van der Waals surface area contributed by atoms with Crippen LogP contribution >= 0.6 is 0 Å². The van der Waals surface area contributed by atoms with Gasteiger partial charge in [0.25, 0.3) is 0 Å². The van der Waals surface area contributed by atoms with E-state index in [0.717, 1.165) is 12.8 Å². The van der Waals surface area contributed by atoms with Gasteiger partial charge < -0.3 is 10.4 Å². The summed E-state index contributed by atoms with van der Waals surface area (Å²) in [5, 5.41) is 12.8. The monoisotopic (exact) mass is 265 g/mol. The molecule has 0 aliphatic heterocycles. The third-order valence-corrected chi connectivity index (χ3v) is 3.70. The lowest BCUT2D eigenvalue weighted by Gasteiger charge is -2.21. The zero-order valence-corrected chi connectivity index (χ0v) is 11.0. The smallest absolute Gasteiger partial charge is 0.222 e. The number of hydrogen-bond acceptors (Lipinski definition) is 2. The molecule has 1 amide bonds. The summed E-state index contributed by atoms with van der Waals surface area (Å²) < 4.78 is 13.3. The molecule has 1 aliphatic carbocycles. The van der Waals surface area contributed by atoms with Crippen LogP contribution in [0, 0.1) is 5.82 Å². The lowest BCUT2D eigenvalue weighted by Crippen LogP contribution is -2.35. The van der Waals surface area contributed by atoms with Crippen LogP contribution in [0.1, 0.15) is 37.7 Å². The number of halogens is 1. The number of nitrogens with one attached hydrogen (secondary N) is 1. The molecule has 0 saturated heterocycles. The number of carbonyl (C=O) groups is 1. The van der Waals surface area contributed by atoms with Crippen LogP contribution in [0.25, 0.3) is 0 Å². The summed E-state index contributed by atoms with van der Waals surface area (Å²) in [5.74, 6) is -0.396. The topological polar surface area (TPSA) is 49.3 Å². The number of benzene rings is 1. The molecule has 0 atom stereocenters. The first-order valence-electron chi connectivity index (χ1n) is 6.82. The first-order chi connectivity index (χ1) is 9.09. The summed E-state index contributed by atoms with van der Waals surface area (Å²) in [5.41, 5.74) is -0.218. The number of rotatable bonds is 5. The van der Waals surface area contributed by atoms with E-state index in [-0.39, 0.29) is 18.1 Å². The normalized spacial score (nSPS) is 17.4. The van der Waals surface area contributed by atoms with Gasteiger partial charge in [0.05, 0.1) is 12.0 Å². The molecule has 0 bridgehead atoms. The van der Waals surface area contributed by atoms with Crippen molar-refractivity contribution in [3.63, 3.8) is 0 Å². The van der Waals surface area contributed by atoms with Crippen molar-refractivity contribution >= 4 is 5.91 Å². The van der Waals surface area contributed by atoms with Crippen LogP contribution in [-0.2, 0) is 11.2 Å². The molecule has 104 valence electrons. The molecule has 1 aliphatic rings. The van der Waals surface area contributed by atoms with Crippen molar-refractivity contribution in [2.24, 2.45) is 0 Å². The molecule has 0 spiro atoms. The van der Waals surface area contributed by atoms with Crippen LogP contribution < -0.4 is 5.32 Å². The summed E-state index contributed by atoms with van der Waals surface area (Å²) in [6, 6.07) is 6.55. The van der Waals surface area contributed by atoms with E-state index < -0.39 is 5.60 Å². The molecule has 2 N–H and O–H groups in total. The molecule has 3 nitrogen and oxygen atoms in total. The molecule has 4 heteroatoms. The van der Waals surface area contributed by atoms with Crippen molar-refractivity contribution in [2.45, 2.75) is 44.1 Å². The van der Waals surface area contributed by atoms with Gasteiger partial charge in [-0.15, -0.1) is 0 Å². The van der Waals surface area contributed by atoms with Gasteiger partial charge in [0, 0.05) is 6.54 Å². The highest BCUT2D eigenvalue weighted by Gasteiger charge is 2.33. The summed E-state index contributed by atoms with van der Waals surface area (Å²) in [4.78, 5) is 11.7. The van der Waals surface area contributed by atoms with Crippen molar-refractivity contribution < 1.29 is 14.3 Å². The Balaban J connectivity index is 1.74. The van der Waals surface area contributed by atoms with Crippen molar-refractivity contribution in [1.82, 2.24) is 5.32 Å². The molecule has 0 aromatic heterocycles. The summed E-state index contributed by atoms with van der Waals surface area (Å²) in [6.07, 6.45) is 4.00. The van der Waals surface area contributed by atoms with E-state index in [9.17, 15) is 14.3 Å². The van der Waals surface area contributed by atoms with Crippen LogP contribution in [0.2, 0.25) is 0 Å². The maximum absolute atomic E-state index is 13.3. The molecule has 1 fully saturated rings. The van der Waals surface area contributed by atoms with Gasteiger partial charge in [0.2, 0.25) is 5.91 Å². The highest BCUT2D eigenvalue weighted by Crippen LogP contribution is 2.32. The Morgan fingerprint density at radius 3 is 2.68 bits per heavy atom. The lowest BCUT2D eigenvalue weighted by molar-refractivity contribution is -0.125. The maximum Gasteiger partial charge on any atom is 0.222 e. The second-order valence-corrected chi connectivity index (χ2v) is 5.30. The van der Waals surface area contributed by atoms with E-state index >= 15 is 0 Å². The predicted octanol–water partition coefficient (Wildman–Crippen LogP) is 2.18. The van der Waals surface area contributed by atoms with E-state index in [0.29, 0.717) is 31.4 Å². The molecular formula is C15H20FNO2. The molecule has 1 aromatic rings. The Kier molecular flexibility index (Phi) is 4.53. The van der Waals surface area contributed by atoms with Crippen molar-refractivity contribution in [1.29, 1.82) is 0 Å². The fraction of sp³-hybridized carbons (Fsp3) is 0.533. The Hall–Kier alpha value is -1.42. The second-order valence-electron chi connectivity index (χ2n) is 5.30. The van der Waals surface area contributed by atoms with Crippen LogP contribution in [0.3, 0.4) is 0 Å². The van der Waals surface area contributed by atoms with Gasteiger partial charge in [-0.05, 0) is 30.9 Å². The largest absolute Gasteiger partial charge is 0.389 e. The van der Waals surface area contributed by atoms with Crippen LogP contribution in [0.4, 0.5) is 4.39 Å².